The fraction of sp³-hybridized carbons (Fsp3) is 0.875. The highest BCUT2D eigenvalue weighted by molar-refractivity contribution is 5.67. The van der Waals surface area contributed by atoms with Gasteiger partial charge in [-0.3, -0.25) is 0 Å². The summed E-state index contributed by atoms with van der Waals surface area (Å²) in [7, 11) is 0. The highest BCUT2D eigenvalue weighted by Gasteiger charge is 2.09. The molecule has 0 fully saturated rings. The summed E-state index contributed by atoms with van der Waals surface area (Å²) in [5.41, 5.74) is 0.221. The predicted molar refractivity (Wildman–Crippen MR) is 42.5 cm³/mol. The Morgan fingerprint density at radius 1 is 1.45 bits per heavy atom. The van der Waals surface area contributed by atoms with Gasteiger partial charge in [0.2, 0.25) is 0 Å². The summed E-state index contributed by atoms with van der Waals surface area (Å²) in [6, 6.07) is 0. The van der Waals surface area contributed by atoms with Gasteiger partial charge in [-0.05, 0) is 11.8 Å². The highest BCUT2D eigenvalue weighted by Crippen LogP contribution is 2.17. The summed E-state index contributed by atoms with van der Waals surface area (Å²) in [4.78, 5) is 10.00. The van der Waals surface area contributed by atoms with Crippen molar-refractivity contribution < 1.29 is 14.6 Å². The molecule has 66 valence electrons. The lowest BCUT2D eigenvalue weighted by atomic mass is 9.93. The molecule has 0 radical (unpaired) electrons. The van der Waals surface area contributed by atoms with E-state index in [0.29, 0.717) is 6.61 Å². The maximum absolute atomic E-state index is 10.00. The van der Waals surface area contributed by atoms with Gasteiger partial charge >= 0.3 is 5.97 Å². The van der Waals surface area contributed by atoms with E-state index in [1.165, 1.54) is 0 Å². The van der Waals surface area contributed by atoms with Crippen molar-refractivity contribution >= 4 is 5.97 Å². The third-order valence-corrected chi connectivity index (χ3v) is 1.22. The van der Waals surface area contributed by atoms with Gasteiger partial charge in [-0.15, -0.1) is 0 Å². The topological polar surface area (TPSA) is 46.5 Å². The van der Waals surface area contributed by atoms with E-state index in [2.05, 4.69) is 20.8 Å². The number of hydrogen-bond acceptors (Lipinski definition) is 2. The molecule has 0 heterocycles. The molecular weight excluding hydrogens is 144 g/mol. The highest BCUT2D eigenvalue weighted by atomic mass is 16.5. The van der Waals surface area contributed by atoms with Crippen molar-refractivity contribution in [1.29, 1.82) is 0 Å². The van der Waals surface area contributed by atoms with E-state index < -0.39 is 5.97 Å². The molecule has 0 aromatic carbocycles. The van der Waals surface area contributed by atoms with Crippen molar-refractivity contribution in [1.82, 2.24) is 0 Å². The lowest BCUT2D eigenvalue weighted by Crippen LogP contribution is -2.13. The minimum absolute atomic E-state index is 0.184. The van der Waals surface area contributed by atoms with Gasteiger partial charge in [-0.25, -0.2) is 4.79 Å². The van der Waals surface area contributed by atoms with Crippen LogP contribution >= 0.6 is 0 Å². The number of hydrogen-bond donors (Lipinski definition) is 1. The standard InChI is InChI=1S/C8H16O3/c1-8(2,3)4-5-11-6-7(9)10/h4-6H2,1-3H3,(H,9,10). The molecule has 0 atom stereocenters. The number of aliphatic carboxylic acids is 1. The SMILES string of the molecule is CC(C)(C)CCOCC(=O)O. The number of carboxylic acids is 1. The second kappa shape index (κ2) is 4.34. The van der Waals surface area contributed by atoms with Crippen LogP contribution in [0.1, 0.15) is 27.2 Å². The second-order valence-corrected chi connectivity index (χ2v) is 3.76. The summed E-state index contributed by atoms with van der Waals surface area (Å²) in [6.45, 7) is 6.62. The van der Waals surface area contributed by atoms with Gasteiger partial charge < -0.3 is 9.84 Å². The first kappa shape index (κ1) is 10.4. The molecule has 0 rings (SSSR count). The largest absolute Gasteiger partial charge is 0.480 e. The molecule has 0 aromatic rings. The molecule has 11 heavy (non-hydrogen) atoms. The number of rotatable bonds is 4. The molecule has 0 aliphatic carbocycles. The molecule has 0 aliphatic rings. The summed E-state index contributed by atoms with van der Waals surface area (Å²) < 4.78 is 4.87. The number of carboxylic acid groups (broad SMARTS) is 1. The van der Waals surface area contributed by atoms with Gasteiger partial charge in [-0.1, -0.05) is 20.8 Å². The third kappa shape index (κ3) is 9.43. The number of carbonyl (C=O) groups is 1. The molecule has 0 amide bonds. The lowest BCUT2D eigenvalue weighted by molar-refractivity contribution is -0.142. The summed E-state index contributed by atoms with van der Waals surface area (Å²) in [5.74, 6) is -0.904. The molecule has 0 spiro atoms. The van der Waals surface area contributed by atoms with Gasteiger partial charge in [0.1, 0.15) is 6.61 Å². The molecule has 1 N–H and O–H groups in total. The first-order valence-corrected chi connectivity index (χ1v) is 3.71. The Kier molecular flexibility index (Phi) is 4.11. The maximum Gasteiger partial charge on any atom is 0.329 e. The lowest BCUT2D eigenvalue weighted by Gasteiger charge is -2.16. The van der Waals surface area contributed by atoms with Crippen LogP contribution < -0.4 is 0 Å². The fourth-order valence-corrected chi connectivity index (χ4v) is 0.538. The molecule has 0 aliphatic heterocycles. The molecule has 3 nitrogen and oxygen atoms in total. The second-order valence-electron chi connectivity index (χ2n) is 3.76. The van der Waals surface area contributed by atoms with Crippen molar-refractivity contribution in [3.8, 4) is 0 Å². The quantitative estimate of drug-likeness (QED) is 0.634. The van der Waals surface area contributed by atoms with Crippen LogP contribution in [0.25, 0.3) is 0 Å². The Morgan fingerprint density at radius 2 is 2.00 bits per heavy atom. The van der Waals surface area contributed by atoms with Crippen LogP contribution in [0.15, 0.2) is 0 Å². The first-order valence-electron chi connectivity index (χ1n) is 3.71. The predicted octanol–water partition coefficient (Wildman–Crippen LogP) is 1.52. The average Bonchev–Trinajstić information content (AvgIpc) is 1.78. The van der Waals surface area contributed by atoms with Crippen molar-refractivity contribution in [2.45, 2.75) is 27.2 Å². The van der Waals surface area contributed by atoms with Crippen LogP contribution in [-0.2, 0) is 9.53 Å². The smallest absolute Gasteiger partial charge is 0.329 e. The Morgan fingerprint density at radius 3 is 2.36 bits per heavy atom. The first-order chi connectivity index (χ1) is 4.92. The van der Waals surface area contributed by atoms with E-state index in [1.807, 2.05) is 0 Å². The van der Waals surface area contributed by atoms with Gasteiger partial charge in [0.05, 0.1) is 0 Å². The van der Waals surface area contributed by atoms with E-state index >= 15 is 0 Å². The summed E-state index contributed by atoms with van der Waals surface area (Å²) >= 11 is 0. The van der Waals surface area contributed by atoms with Crippen molar-refractivity contribution in [2.24, 2.45) is 5.41 Å². The zero-order chi connectivity index (χ0) is 8.91. The fourth-order valence-electron chi connectivity index (χ4n) is 0.538. The molecular formula is C8H16O3. The van der Waals surface area contributed by atoms with E-state index in [9.17, 15) is 4.79 Å². The van der Waals surface area contributed by atoms with Crippen LogP contribution in [-0.4, -0.2) is 24.3 Å². The molecule has 0 unspecified atom stereocenters. The zero-order valence-corrected chi connectivity index (χ0v) is 7.39. The van der Waals surface area contributed by atoms with Crippen LogP contribution in [0.5, 0.6) is 0 Å². The molecule has 0 saturated heterocycles. The summed E-state index contributed by atoms with van der Waals surface area (Å²) in [5, 5.41) is 8.22. The summed E-state index contributed by atoms with van der Waals surface area (Å²) in [6.07, 6.45) is 0.889. The van der Waals surface area contributed by atoms with Gasteiger partial charge in [0.15, 0.2) is 0 Å². The van der Waals surface area contributed by atoms with Crippen molar-refractivity contribution in [3.05, 3.63) is 0 Å². The van der Waals surface area contributed by atoms with Crippen LogP contribution in [0.3, 0.4) is 0 Å². The van der Waals surface area contributed by atoms with Crippen molar-refractivity contribution in [2.75, 3.05) is 13.2 Å². The minimum atomic E-state index is -0.904. The Hall–Kier alpha value is -0.570. The molecule has 0 aromatic heterocycles. The zero-order valence-electron chi connectivity index (χ0n) is 7.39. The van der Waals surface area contributed by atoms with Gasteiger partial charge in [0.25, 0.3) is 0 Å². The monoisotopic (exact) mass is 160 g/mol. The number of ether oxygens (including phenoxy) is 1. The Balaban J connectivity index is 3.22. The minimum Gasteiger partial charge on any atom is -0.480 e. The van der Waals surface area contributed by atoms with Crippen molar-refractivity contribution in [3.63, 3.8) is 0 Å². The molecule has 0 bridgehead atoms. The Labute approximate surface area is 67.4 Å². The van der Waals surface area contributed by atoms with E-state index in [4.69, 9.17) is 9.84 Å². The van der Waals surface area contributed by atoms with Crippen LogP contribution in [0.2, 0.25) is 0 Å². The molecule has 3 heteroatoms. The van der Waals surface area contributed by atoms with Gasteiger partial charge in [0, 0.05) is 6.61 Å². The maximum atomic E-state index is 10.00. The van der Waals surface area contributed by atoms with E-state index in [-0.39, 0.29) is 12.0 Å². The average molecular weight is 160 g/mol. The van der Waals surface area contributed by atoms with Crippen LogP contribution in [0, 0.1) is 5.41 Å². The van der Waals surface area contributed by atoms with E-state index in [1.54, 1.807) is 0 Å². The van der Waals surface area contributed by atoms with E-state index in [0.717, 1.165) is 6.42 Å². The molecule has 0 saturated carbocycles. The van der Waals surface area contributed by atoms with Crippen LogP contribution in [0.4, 0.5) is 0 Å². The third-order valence-electron chi connectivity index (χ3n) is 1.22. The van der Waals surface area contributed by atoms with Gasteiger partial charge in [-0.2, -0.15) is 0 Å². The normalized spacial score (nSPS) is 11.5. The Bertz CT molecular complexity index is 124.